The van der Waals surface area contributed by atoms with Crippen molar-refractivity contribution in [2.24, 2.45) is 5.73 Å². The quantitative estimate of drug-likeness (QED) is 0.835. The summed E-state index contributed by atoms with van der Waals surface area (Å²) in [7, 11) is 0. The largest absolute Gasteiger partial charge is 0.328 e. The molecule has 0 aliphatic carbocycles. The number of carbonyl (C=O) groups excluding carboxylic acids is 1. The molecule has 1 aromatic heterocycles. The zero-order chi connectivity index (χ0) is 13.8. The SMILES string of the molecule is Cc1ccc2cc(C(=O)CCCC(C)N)ccc2n1. The van der Waals surface area contributed by atoms with E-state index in [2.05, 4.69) is 4.98 Å². The van der Waals surface area contributed by atoms with Crippen LogP contribution in [0.15, 0.2) is 30.3 Å². The molecule has 3 nitrogen and oxygen atoms in total. The fraction of sp³-hybridized carbons (Fsp3) is 0.375. The number of Topliss-reactive ketones (excluding diaryl/α,β-unsaturated/α-hetero) is 1. The first kappa shape index (κ1) is 13.7. The van der Waals surface area contributed by atoms with E-state index in [4.69, 9.17) is 5.73 Å². The van der Waals surface area contributed by atoms with Crippen LogP contribution in [-0.4, -0.2) is 16.8 Å². The van der Waals surface area contributed by atoms with Crippen LogP contribution >= 0.6 is 0 Å². The van der Waals surface area contributed by atoms with E-state index in [1.165, 1.54) is 0 Å². The van der Waals surface area contributed by atoms with Gasteiger partial charge in [-0.15, -0.1) is 0 Å². The molecule has 0 saturated carbocycles. The minimum Gasteiger partial charge on any atom is -0.328 e. The molecule has 2 rings (SSSR count). The molecular formula is C16H20N2O. The van der Waals surface area contributed by atoms with Gasteiger partial charge in [0.15, 0.2) is 5.78 Å². The van der Waals surface area contributed by atoms with Gasteiger partial charge in [0.2, 0.25) is 0 Å². The fourth-order valence-electron chi connectivity index (χ4n) is 2.13. The number of aromatic nitrogens is 1. The number of pyridine rings is 1. The summed E-state index contributed by atoms with van der Waals surface area (Å²) in [5, 5.41) is 1.02. The Hall–Kier alpha value is -1.74. The van der Waals surface area contributed by atoms with Gasteiger partial charge in [-0.05, 0) is 51.0 Å². The summed E-state index contributed by atoms with van der Waals surface area (Å²) < 4.78 is 0. The standard InChI is InChI=1S/C16H20N2O/c1-11(17)4-3-5-16(19)14-8-9-15-13(10-14)7-6-12(2)18-15/h6-11H,3-5,17H2,1-2H3. The predicted octanol–water partition coefficient (Wildman–Crippen LogP) is 3.24. The van der Waals surface area contributed by atoms with E-state index in [1.807, 2.05) is 44.2 Å². The van der Waals surface area contributed by atoms with Crippen molar-refractivity contribution in [3.63, 3.8) is 0 Å². The van der Waals surface area contributed by atoms with Crippen molar-refractivity contribution in [3.8, 4) is 0 Å². The lowest BCUT2D eigenvalue weighted by molar-refractivity contribution is 0.0979. The molecule has 0 aliphatic rings. The summed E-state index contributed by atoms with van der Waals surface area (Å²) in [5.41, 5.74) is 8.38. The highest BCUT2D eigenvalue weighted by Gasteiger charge is 2.07. The molecule has 0 radical (unpaired) electrons. The molecule has 2 aromatic rings. The average Bonchev–Trinajstić information content (AvgIpc) is 2.37. The first-order valence-electron chi connectivity index (χ1n) is 6.72. The normalized spacial score (nSPS) is 12.6. The summed E-state index contributed by atoms with van der Waals surface area (Å²) in [6.07, 6.45) is 2.30. The maximum Gasteiger partial charge on any atom is 0.162 e. The molecular weight excluding hydrogens is 236 g/mol. The van der Waals surface area contributed by atoms with Gasteiger partial charge in [-0.3, -0.25) is 9.78 Å². The molecule has 0 bridgehead atoms. The number of rotatable bonds is 5. The van der Waals surface area contributed by atoms with Gasteiger partial charge in [0.05, 0.1) is 5.52 Å². The lowest BCUT2D eigenvalue weighted by Gasteiger charge is -2.05. The van der Waals surface area contributed by atoms with E-state index in [0.29, 0.717) is 6.42 Å². The van der Waals surface area contributed by atoms with E-state index >= 15 is 0 Å². The van der Waals surface area contributed by atoms with Crippen molar-refractivity contribution in [2.45, 2.75) is 39.2 Å². The minimum absolute atomic E-state index is 0.163. The van der Waals surface area contributed by atoms with Crippen molar-refractivity contribution in [1.29, 1.82) is 0 Å². The van der Waals surface area contributed by atoms with Crippen LogP contribution in [0.5, 0.6) is 0 Å². The molecule has 0 spiro atoms. The second-order valence-electron chi connectivity index (χ2n) is 5.15. The van der Waals surface area contributed by atoms with Gasteiger partial charge in [0.1, 0.15) is 0 Å². The number of fused-ring (bicyclic) bond motifs is 1. The first-order chi connectivity index (χ1) is 9.06. The third-order valence-corrected chi connectivity index (χ3v) is 3.21. The molecule has 0 saturated heterocycles. The highest BCUT2D eigenvalue weighted by atomic mass is 16.1. The highest BCUT2D eigenvalue weighted by Crippen LogP contribution is 2.16. The van der Waals surface area contributed by atoms with Crippen LogP contribution in [0, 0.1) is 6.92 Å². The maximum atomic E-state index is 12.1. The Bertz CT molecular complexity index is 590. The van der Waals surface area contributed by atoms with Gasteiger partial charge in [-0.1, -0.05) is 6.07 Å². The van der Waals surface area contributed by atoms with Gasteiger partial charge >= 0.3 is 0 Å². The number of aryl methyl sites for hydroxylation is 1. The van der Waals surface area contributed by atoms with Crippen LogP contribution in [0.3, 0.4) is 0 Å². The van der Waals surface area contributed by atoms with Gasteiger partial charge in [0.25, 0.3) is 0 Å². The van der Waals surface area contributed by atoms with Gasteiger partial charge < -0.3 is 5.73 Å². The Kier molecular flexibility index (Phi) is 4.27. The molecule has 1 atom stereocenters. The summed E-state index contributed by atoms with van der Waals surface area (Å²) in [5.74, 6) is 0.183. The molecule has 1 unspecified atom stereocenters. The zero-order valence-electron chi connectivity index (χ0n) is 11.5. The van der Waals surface area contributed by atoms with E-state index < -0.39 is 0 Å². The number of carbonyl (C=O) groups is 1. The van der Waals surface area contributed by atoms with Gasteiger partial charge in [-0.2, -0.15) is 0 Å². The predicted molar refractivity (Wildman–Crippen MR) is 78.3 cm³/mol. The molecule has 1 heterocycles. The number of benzene rings is 1. The topological polar surface area (TPSA) is 56.0 Å². The summed E-state index contributed by atoms with van der Waals surface area (Å²) in [6, 6.07) is 9.85. The molecule has 3 heteroatoms. The molecule has 0 fully saturated rings. The van der Waals surface area contributed by atoms with Gasteiger partial charge in [0, 0.05) is 29.1 Å². The molecule has 2 N–H and O–H groups in total. The smallest absolute Gasteiger partial charge is 0.162 e. The van der Waals surface area contributed by atoms with Crippen LogP contribution in [0.4, 0.5) is 0 Å². The lowest BCUT2D eigenvalue weighted by atomic mass is 10.0. The second-order valence-corrected chi connectivity index (χ2v) is 5.15. The third kappa shape index (κ3) is 3.61. The van der Waals surface area contributed by atoms with Crippen LogP contribution in [-0.2, 0) is 0 Å². The highest BCUT2D eigenvalue weighted by molar-refractivity contribution is 5.99. The first-order valence-corrected chi connectivity index (χ1v) is 6.72. The Morgan fingerprint density at radius 2 is 2.11 bits per heavy atom. The van der Waals surface area contributed by atoms with E-state index in [9.17, 15) is 4.79 Å². The Balaban J connectivity index is 2.12. The van der Waals surface area contributed by atoms with Crippen molar-refractivity contribution in [2.75, 3.05) is 0 Å². The third-order valence-electron chi connectivity index (χ3n) is 3.21. The summed E-state index contributed by atoms with van der Waals surface area (Å²) in [4.78, 5) is 16.5. The van der Waals surface area contributed by atoms with Crippen molar-refractivity contribution in [3.05, 3.63) is 41.6 Å². The van der Waals surface area contributed by atoms with Crippen molar-refractivity contribution in [1.82, 2.24) is 4.98 Å². The maximum absolute atomic E-state index is 12.1. The number of nitrogens with zero attached hydrogens (tertiary/aromatic N) is 1. The Morgan fingerprint density at radius 1 is 1.32 bits per heavy atom. The average molecular weight is 256 g/mol. The van der Waals surface area contributed by atoms with E-state index in [-0.39, 0.29) is 11.8 Å². The van der Waals surface area contributed by atoms with E-state index in [1.54, 1.807) is 0 Å². The minimum atomic E-state index is 0.163. The molecule has 19 heavy (non-hydrogen) atoms. The number of hydrogen-bond acceptors (Lipinski definition) is 3. The molecule has 1 aromatic carbocycles. The summed E-state index contributed by atoms with van der Waals surface area (Å²) >= 11 is 0. The van der Waals surface area contributed by atoms with Crippen molar-refractivity contribution >= 4 is 16.7 Å². The number of ketones is 1. The monoisotopic (exact) mass is 256 g/mol. The zero-order valence-corrected chi connectivity index (χ0v) is 11.5. The number of nitrogens with two attached hydrogens (primary N) is 1. The van der Waals surface area contributed by atoms with Crippen LogP contribution in [0.2, 0.25) is 0 Å². The fourth-order valence-corrected chi connectivity index (χ4v) is 2.13. The molecule has 100 valence electrons. The van der Waals surface area contributed by atoms with Crippen LogP contribution in [0.25, 0.3) is 10.9 Å². The van der Waals surface area contributed by atoms with Crippen LogP contribution < -0.4 is 5.73 Å². The number of hydrogen-bond donors (Lipinski definition) is 1. The van der Waals surface area contributed by atoms with E-state index in [0.717, 1.165) is 35.0 Å². The second kappa shape index (κ2) is 5.93. The lowest BCUT2D eigenvalue weighted by Crippen LogP contribution is -2.14. The molecule has 0 aliphatic heterocycles. The molecule has 0 amide bonds. The Morgan fingerprint density at radius 3 is 2.84 bits per heavy atom. The van der Waals surface area contributed by atoms with Gasteiger partial charge in [-0.25, -0.2) is 0 Å². The van der Waals surface area contributed by atoms with Crippen molar-refractivity contribution < 1.29 is 4.79 Å². The van der Waals surface area contributed by atoms with Crippen LogP contribution in [0.1, 0.15) is 42.2 Å². The Labute approximate surface area is 113 Å². The summed E-state index contributed by atoms with van der Waals surface area (Å²) in [6.45, 7) is 3.93.